The van der Waals surface area contributed by atoms with Crippen molar-refractivity contribution in [3.63, 3.8) is 0 Å². The van der Waals surface area contributed by atoms with Crippen LogP contribution in [0.25, 0.3) is 27.8 Å². The Morgan fingerprint density at radius 2 is 1.81 bits per heavy atom. The summed E-state index contributed by atoms with van der Waals surface area (Å²) in [5, 5.41) is 1.15. The highest BCUT2D eigenvalue weighted by molar-refractivity contribution is 5.90. The average Bonchev–Trinajstić information content (AvgIpc) is 3.19. The summed E-state index contributed by atoms with van der Waals surface area (Å²) in [4.78, 5) is 11.5. The molecule has 160 valence electrons. The Labute approximate surface area is 188 Å². The second kappa shape index (κ2) is 8.12. The van der Waals surface area contributed by atoms with Crippen molar-refractivity contribution in [1.82, 2.24) is 9.88 Å². The smallest absolute Gasteiger partial charge is 0.134 e. The van der Waals surface area contributed by atoms with E-state index in [-0.39, 0.29) is 12.2 Å². The zero-order chi connectivity index (χ0) is 22.2. The van der Waals surface area contributed by atoms with Crippen molar-refractivity contribution in [3.8, 4) is 11.1 Å². The van der Waals surface area contributed by atoms with Gasteiger partial charge in [-0.15, -0.1) is 0 Å². The maximum atomic E-state index is 5.65. The lowest BCUT2D eigenvalue weighted by Crippen LogP contribution is -2.34. The number of aliphatic imine (C=N–C) groups is 1. The Bertz CT molecular complexity index is 1330. The molecule has 1 aliphatic heterocycles. The molecule has 0 saturated heterocycles. The molecule has 0 saturated carbocycles. The molecule has 32 heavy (non-hydrogen) atoms. The van der Waals surface area contributed by atoms with Crippen LogP contribution in [0.3, 0.4) is 0 Å². The zero-order valence-corrected chi connectivity index (χ0v) is 18.9. The van der Waals surface area contributed by atoms with Gasteiger partial charge in [0.25, 0.3) is 0 Å². The highest BCUT2D eigenvalue weighted by Gasteiger charge is 2.26. The number of allylic oxidation sites excluding steroid dienone is 1. The number of benzene rings is 2. The maximum absolute atomic E-state index is 5.65. The molecule has 2 atom stereocenters. The van der Waals surface area contributed by atoms with Crippen LogP contribution in [0.15, 0.2) is 82.5 Å². The molecule has 5 rings (SSSR count). The van der Waals surface area contributed by atoms with Crippen molar-refractivity contribution in [2.75, 3.05) is 0 Å². The summed E-state index contributed by atoms with van der Waals surface area (Å²) in [6, 6.07) is 19.5. The third kappa shape index (κ3) is 3.62. The minimum atomic E-state index is 0.0378. The maximum Gasteiger partial charge on any atom is 0.134 e. The van der Waals surface area contributed by atoms with Gasteiger partial charge in [-0.1, -0.05) is 24.3 Å². The van der Waals surface area contributed by atoms with Crippen LogP contribution >= 0.6 is 0 Å². The van der Waals surface area contributed by atoms with Crippen LogP contribution in [0.5, 0.6) is 0 Å². The summed E-state index contributed by atoms with van der Waals surface area (Å²) in [6.07, 6.45) is 7.83. The van der Waals surface area contributed by atoms with Crippen LogP contribution in [-0.2, 0) is 0 Å². The van der Waals surface area contributed by atoms with Gasteiger partial charge in [0, 0.05) is 34.8 Å². The van der Waals surface area contributed by atoms with Gasteiger partial charge in [-0.25, -0.2) is 0 Å². The van der Waals surface area contributed by atoms with Gasteiger partial charge in [-0.05, 0) is 86.4 Å². The third-order valence-electron chi connectivity index (χ3n) is 6.31. The largest absolute Gasteiger partial charge is 0.464 e. The Morgan fingerprint density at radius 1 is 0.969 bits per heavy atom. The summed E-state index contributed by atoms with van der Waals surface area (Å²) in [5.41, 5.74) is 9.00. The van der Waals surface area contributed by atoms with E-state index in [4.69, 9.17) is 4.42 Å². The van der Waals surface area contributed by atoms with Gasteiger partial charge in [-0.3, -0.25) is 9.98 Å². The van der Waals surface area contributed by atoms with E-state index in [9.17, 15) is 0 Å². The number of aryl methyl sites for hydroxylation is 2. The Morgan fingerprint density at radius 3 is 2.62 bits per heavy atom. The van der Waals surface area contributed by atoms with Gasteiger partial charge >= 0.3 is 0 Å². The Kier molecular flexibility index (Phi) is 5.14. The zero-order valence-electron chi connectivity index (χ0n) is 18.9. The molecule has 2 aromatic heterocycles. The molecule has 0 spiro atoms. The van der Waals surface area contributed by atoms with Crippen molar-refractivity contribution in [2.45, 2.75) is 39.9 Å². The van der Waals surface area contributed by atoms with Crippen LogP contribution in [-0.4, -0.2) is 22.3 Å². The molecule has 0 fully saturated rings. The number of fused-ring (bicyclic) bond motifs is 1. The molecule has 1 aliphatic rings. The van der Waals surface area contributed by atoms with Crippen molar-refractivity contribution >= 4 is 22.9 Å². The molecule has 0 radical (unpaired) electrons. The molecule has 4 heteroatoms. The number of hydrogen-bond acceptors (Lipinski definition) is 4. The van der Waals surface area contributed by atoms with Gasteiger partial charge < -0.3 is 9.32 Å². The lowest BCUT2D eigenvalue weighted by atomic mass is 9.97. The van der Waals surface area contributed by atoms with Crippen molar-refractivity contribution < 1.29 is 4.42 Å². The topological polar surface area (TPSA) is 41.6 Å². The first-order valence-electron chi connectivity index (χ1n) is 11.0. The van der Waals surface area contributed by atoms with Gasteiger partial charge in [-0.2, -0.15) is 0 Å². The van der Waals surface area contributed by atoms with E-state index in [0.717, 1.165) is 27.8 Å². The molecular weight excluding hydrogens is 394 g/mol. The standard InChI is InChI=1S/C28H27N3O/c1-18-17-32-28-11-10-24(15-26(18)28)27-12-13-29-21(4)31(27)20(3)22-6-5-7-23(14-22)25-9-8-19(2)30-16-25/h5-17,20-21H,1-4H3/t20-,21?/m0/s1. The number of pyridine rings is 1. The van der Waals surface area contributed by atoms with Crippen molar-refractivity contribution in [1.29, 1.82) is 0 Å². The van der Waals surface area contributed by atoms with Crippen LogP contribution in [0.2, 0.25) is 0 Å². The first-order chi connectivity index (χ1) is 15.5. The van der Waals surface area contributed by atoms with E-state index >= 15 is 0 Å². The van der Waals surface area contributed by atoms with E-state index in [2.05, 4.69) is 96.3 Å². The molecule has 0 bridgehead atoms. The number of aromatic nitrogens is 1. The highest BCUT2D eigenvalue weighted by Crippen LogP contribution is 2.36. The molecule has 0 aliphatic carbocycles. The minimum Gasteiger partial charge on any atom is -0.464 e. The van der Waals surface area contributed by atoms with E-state index in [1.54, 1.807) is 0 Å². The van der Waals surface area contributed by atoms with Crippen molar-refractivity contribution in [3.05, 3.63) is 95.5 Å². The molecule has 1 unspecified atom stereocenters. The molecule has 0 N–H and O–H groups in total. The van der Waals surface area contributed by atoms with Gasteiger partial charge in [0.15, 0.2) is 0 Å². The number of rotatable bonds is 4. The first kappa shape index (κ1) is 20.3. The first-order valence-corrected chi connectivity index (χ1v) is 11.0. The van der Waals surface area contributed by atoms with E-state index in [1.807, 2.05) is 25.6 Å². The molecule has 4 nitrogen and oxygen atoms in total. The lowest BCUT2D eigenvalue weighted by Gasteiger charge is -2.38. The molecule has 0 amide bonds. The van der Waals surface area contributed by atoms with E-state index in [0.29, 0.717) is 0 Å². The summed E-state index contributed by atoms with van der Waals surface area (Å²) in [5.74, 6) is 0. The minimum absolute atomic E-state index is 0.0378. The van der Waals surface area contributed by atoms with E-state index in [1.165, 1.54) is 22.4 Å². The Balaban J connectivity index is 1.52. The van der Waals surface area contributed by atoms with Gasteiger partial charge in [0.1, 0.15) is 11.7 Å². The molecule has 4 aromatic rings. The fourth-order valence-electron chi connectivity index (χ4n) is 4.47. The van der Waals surface area contributed by atoms with E-state index < -0.39 is 0 Å². The Hall–Kier alpha value is -3.66. The summed E-state index contributed by atoms with van der Waals surface area (Å²) in [6.45, 7) is 8.49. The quantitative estimate of drug-likeness (QED) is 0.358. The average molecular weight is 422 g/mol. The van der Waals surface area contributed by atoms with Crippen LogP contribution in [0.4, 0.5) is 0 Å². The second-order valence-electron chi connectivity index (χ2n) is 8.51. The lowest BCUT2D eigenvalue weighted by molar-refractivity contribution is 0.252. The summed E-state index contributed by atoms with van der Waals surface area (Å²) < 4.78 is 5.65. The number of hydrogen-bond donors (Lipinski definition) is 0. The molecule has 2 aromatic carbocycles. The fraction of sp³-hybridized carbons (Fsp3) is 0.214. The third-order valence-corrected chi connectivity index (χ3v) is 6.31. The molecule has 3 heterocycles. The van der Waals surface area contributed by atoms with Gasteiger partial charge in [0.05, 0.1) is 12.3 Å². The molecular formula is C28H27N3O. The van der Waals surface area contributed by atoms with Crippen LogP contribution in [0.1, 0.15) is 42.3 Å². The predicted octanol–water partition coefficient (Wildman–Crippen LogP) is 6.95. The van der Waals surface area contributed by atoms with Crippen LogP contribution in [0, 0.1) is 13.8 Å². The van der Waals surface area contributed by atoms with Gasteiger partial charge in [0.2, 0.25) is 0 Å². The SMILES string of the molecule is Cc1ccc(-c2cccc([C@H](C)N3C(c4ccc5occ(C)c5c4)=CC=NC3C)c2)cn1. The number of furan rings is 1. The predicted molar refractivity (Wildman–Crippen MR) is 132 cm³/mol. The summed E-state index contributed by atoms with van der Waals surface area (Å²) >= 11 is 0. The monoisotopic (exact) mass is 421 g/mol. The normalized spacial score (nSPS) is 16.9. The fourth-order valence-corrected chi connectivity index (χ4v) is 4.47. The highest BCUT2D eigenvalue weighted by atomic mass is 16.3. The van der Waals surface area contributed by atoms with Crippen molar-refractivity contribution in [2.24, 2.45) is 4.99 Å². The summed E-state index contributed by atoms with van der Waals surface area (Å²) in [7, 11) is 0. The van der Waals surface area contributed by atoms with Crippen LogP contribution < -0.4 is 0 Å². The number of nitrogens with zero attached hydrogens (tertiary/aromatic N) is 3. The second-order valence-corrected chi connectivity index (χ2v) is 8.51.